The second-order valence-corrected chi connectivity index (χ2v) is 5.99. The third-order valence-electron chi connectivity index (χ3n) is 4.04. The molecule has 1 atom stereocenters. The molecule has 1 N–H and O–H groups in total. The molecular formula is C17H22N4O. The lowest BCUT2D eigenvalue weighted by molar-refractivity contribution is -0.122. The Balaban J connectivity index is 1.58. The SMILES string of the molecule is Cc1cccc(CCC(=O)NC2CCCn3nc(C)nc32)c1. The van der Waals surface area contributed by atoms with Crippen LogP contribution in [0.25, 0.3) is 0 Å². The van der Waals surface area contributed by atoms with Gasteiger partial charge in [0, 0.05) is 13.0 Å². The van der Waals surface area contributed by atoms with E-state index in [2.05, 4.69) is 40.5 Å². The van der Waals surface area contributed by atoms with E-state index in [0.717, 1.165) is 37.5 Å². The normalized spacial score (nSPS) is 17.1. The predicted octanol–water partition coefficient (Wildman–Crippen LogP) is 2.48. The van der Waals surface area contributed by atoms with Gasteiger partial charge in [-0.3, -0.25) is 4.79 Å². The Morgan fingerprint density at radius 1 is 1.41 bits per heavy atom. The minimum Gasteiger partial charge on any atom is -0.346 e. The quantitative estimate of drug-likeness (QED) is 0.943. The minimum atomic E-state index is -0.0000375. The van der Waals surface area contributed by atoms with E-state index in [9.17, 15) is 4.79 Å². The maximum atomic E-state index is 12.2. The number of nitrogens with zero attached hydrogens (tertiary/aromatic N) is 3. The van der Waals surface area contributed by atoms with E-state index in [1.807, 2.05) is 17.7 Å². The molecule has 2 aromatic rings. The van der Waals surface area contributed by atoms with Crippen LogP contribution < -0.4 is 5.32 Å². The molecule has 0 saturated carbocycles. The van der Waals surface area contributed by atoms with Gasteiger partial charge < -0.3 is 5.32 Å². The van der Waals surface area contributed by atoms with Crippen molar-refractivity contribution in [2.75, 3.05) is 0 Å². The van der Waals surface area contributed by atoms with Crippen molar-refractivity contribution < 1.29 is 4.79 Å². The van der Waals surface area contributed by atoms with E-state index in [-0.39, 0.29) is 11.9 Å². The topological polar surface area (TPSA) is 59.8 Å². The summed E-state index contributed by atoms with van der Waals surface area (Å²) in [6.07, 6.45) is 3.24. The number of carbonyl (C=O) groups excluding carboxylic acids is 1. The maximum Gasteiger partial charge on any atom is 0.220 e. The zero-order valence-electron chi connectivity index (χ0n) is 13.2. The zero-order valence-corrected chi connectivity index (χ0v) is 13.2. The number of carbonyl (C=O) groups is 1. The van der Waals surface area contributed by atoms with Crippen LogP contribution in [0.2, 0.25) is 0 Å². The fourth-order valence-electron chi connectivity index (χ4n) is 3.00. The molecule has 1 unspecified atom stereocenters. The molecular weight excluding hydrogens is 276 g/mol. The molecule has 0 aliphatic carbocycles. The van der Waals surface area contributed by atoms with Gasteiger partial charge in [0.2, 0.25) is 5.91 Å². The predicted molar refractivity (Wildman–Crippen MR) is 84.4 cm³/mol. The third-order valence-corrected chi connectivity index (χ3v) is 4.04. The van der Waals surface area contributed by atoms with Crippen molar-refractivity contribution in [2.45, 2.75) is 52.1 Å². The van der Waals surface area contributed by atoms with Crippen LogP contribution in [0.3, 0.4) is 0 Å². The summed E-state index contributed by atoms with van der Waals surface area (Å²) >= 11 is 0. The smallest absolute Gasteiger partial charge is 0.220 e. The molecule has 0 radical (unpaired) electrons. The van der Waals surface area contributed by atoms with Crippen LogP contribution in [0, 0.1) is 13.8 Å². The summed E-state index contributed by atoms with van der Waals surface area (Å²) in [5.74, 6) is 1.75. The van der Waals surface area contributed by atoms with E-state index in [0.29, 0.717) is 6.42 Å². The van der Waals surface area contributed by atoms with Crippen LogP contribution in [0.4, 0.5) is 0 Å². The fourth-order valence-corrected chi connectivity index (χ4v) is 3.00. The summed E-state index contributed by atoms with van der Waals surface area (Å²) in [4.78, 5) is 16.7. The van der Waals surface area contributed by atoms with Gasteiger partial charge in [-0.25, -0.2) is 9.67 Å². The van der Waals surface area contributed by atoms with Gasteiger partial charge in [0.05, 0.1) is 6.04 Å². The standard InChI is InChI=1S/C17H22N4O/c1-12-5-3-6-14(11-12)8-9-16(22)19-15-7-4-10-21-17(15)18-13(2)20-21/h3,5-6,11,15H,4,7-10H2,1-2H3,(H,19,22). The number of hydrogen-bond acceptors (Lipinski definition) is 3. The highest BCUT2D eigenvalue weighted by Gasteiger charge is 2.24. The molecule has 116 valence electrons. The molecule has 3 rings (SSSR count). The maximum absolute atomic E-state index is 12.2. The Hall–Kier alpha value is -2.17. The second kappa shape index (κ2) is 6.30. The molecule has 2 heterocycles. The molecule has 5 heteroatoms. The lowest BCUT2D eigenvalue weighted by atomic mass is 10.1. The number of aromatic nitrogens is 3. The highest BCUT2D eigenvalue weighted by atomic mass is 16.1. The molecule has 0 saturated heterocycles. The molecule has 1 aromatic carbocycles. The number of nitrogens with one attached hydrogen (secondary N) is 1. The number of hydrogen-bond donors (Lipinski definition) is 1. The molecule has 1 aliphatic heterocycles. The van der Waals surface area contributed by atoms with Gasteiger partial charge in [0.15, 0.2) is 0 Å². The fraction of sp³-hybridized carbons (Fsp3) is 0.471. The molecule has 1 aliphatic rings. The molecule has 0 fully saturated rings. The first kappa shape index (κ1) is 14.8. The lowest BCUT2D eigenvalue weighted by Crippen LogP contribution is -2.33. The first-order valence-electron chi connectivity index (χ1n) is 7.88. The summed E-state index contributed by atoms with van der Waals surface area (Å²) < 4.78 is 1.92. The Morgan fingerprint density at radius 2 is 2.27 bits per heavy atom. The third kappa shape index (κ3) is 3.35. The van der Waals surface area contributed by atoms with Gasteiger partial charge in [0.25, 0.3) is 0 Å². The van der Waals surface area contributed by atoms with Gasteiger partial charge in [-0.15, -0.1) is 0 Å². The number of aryl methyl sites for hydroxylation is 4. The van der Waals surface area contributed by atoms with Crippen molar-refractivity contribution in [3.63, 3.8) is 0 Å². The van der Waals surface area contributed by atoms with Gasteiger partial charge in [-0.05, 0) is 38.7 Å². The van der Waals surface area contributed by atoms with Gasteiger partial charge in [-0.2, -0.15) is 5.10 Å². The highest BCUT2D eigenvalue weighted by molar-refractivity contribution is 5.76. The van der Waals surface area contributed by atoms with E-state index in [1.54, 1.807) is 0 Å². The largest absolute Gasteiger partial charge is 0.346 e. The van der Waals surface area contributed by atoms with Crippen LogP contribution in [-0.4, -0.2) is 20.7 Å². The van der Waals surface area contributed by atoms with Gasteiger partial charge in [-0.1, -0.05) is 29.8 Å². The monoisotopic (exact) mass is 298 g/mol. The average Bonchev–Trinajstić information content (AvgIpc) is 2.87. The summed E-state index contributed by atoms with van der Waals surface area (Å²) in [7, 11) is 0. The summed E-state index contributed by atoms with van der Waals surface area (Å²) in [6.45, 7) is 4.86. The highest BCUT2D eigenvalue weighted by Crippen LogP contribution is 2.23. The molecule has 1 aromatic heterocycles. The number of rotatable bonds is 4. The Labute approximate surface area is 130 Å². The molecule has 22 heavy (non-hydrogen) atoms. The molecule has 1 amide bonds. The van der Waals surface area contributed by atoms with Crippen molar-refractivity contribution in [3.05, 3.63) is 47.0 Å². The van der Waals surface area contributed by atoms with Crippen LogP contribution in [0.5, 0.6) is 0 Å². The Bertz CT molecular complexity index is 677. The van der Waals surface area contributed by atoms with Crippen molar-refractivity contribution in [1.29, 1.82) is 0 Å². The lowest BCUT2D eigenvalue weighted by Gasteiger charge is -2.23. The van der Waals surface area contributed by atoms with Crippen LogP contribution in [0.15, 0.2) is 24.3 Å². The van der Waals surface area contributed by atoms with Crippen LogP contribution in [-0.2, 0) is 17.8 Å². The van der Waals surface area contributed by atoms with E-state index in [4.69, 9.17) is 0 Å². The van der Waals surface area contributed by atoms with Crippen molar-refractivity contribution in [1.82, 2.24) is 20.1 Å². The van der Waals surface area contributed by atoms with E-state index < -0.39 is 0 Å². The first-order valence-corrected chi connectivity index (χ1v) is 7.88. The molecule has 0 bridgehead atoms. The minimum absolute atomic E-state index is 0.0000375. The summed E-state index contributed by atoms with van der Waals surface area (Å²) in [5, 5.41) is 7.48. The van der Waals surface area contributed by atoms with Gasteiger partial charge >= 0.3 is 0 Å². The second-order valence-electron chi connectivity index (χ2n) is 5.99. The van der Waals surface area contributed by atoms with Crippen LogP contribution in [0.1, 0.15) is 48.1 Å². The first-order chi connectivity index (χ1) is 10.6. The van der Waals surface area contributed by atoms with Crippen molar-refractivity contribution in [2.24, 2.45) is 0 Å². The van der Waals surface area contributed by atoms with E-state index in [1.165, 1.54) is 11.1 Å². The average molecular weight is 298 g/mol. The van der Waals surface area contributed by atoms with Gasteiger partial charge in [0.1, 0.15) is 11.6 Å². The number of fused-ring (bicyclic) bond motifs is 1. The molecule has 5 nitrogen and oxygen atoms in total. The van der Waals surface area contributed by atoms with Crippen molar-refractivity contribution >= 4 is 5.91 Å². The molecule has 0 spiro atoms. The summed E-state index contributed by atoms with van der Waals surface area (Å²) in [5.41, 5.74) is 2.44. The Morgan fingerprint density at radius 3 is 3.09 bits per heavy atom. The zero-order chi connectivity index (χ0) is 15.5. The number of amides is 1. The van der Waals surface area contributed by atoms with Crippen molar-refractivity contribution in [3.8, 4) is 0 Å². The van der Waals surface area contributed by atoms with E-state index >= 15 is 0 Å². The van der Waals surface area contributed by atoms with Crippen LogP contribution >= 0.6 is 0 Å². The summed E-state index contributed by atoms with van der Waals surface area (Å²) in [6, 6.07) is 8.31. The number of benzene rings is 1. The Kier molecular flexibility index (Phi) is 4.22.